The van der Waals surface area contributed by atoms with Crippen LogP contribution < -0.4 is 5.01 Å². The van der Waals surface area contributed by atoms with E-state index < -0.39 is 22.4 Å². The van der Waals surface area contributed by atoms with Crippen LogP contribution in [0.15, 0.2) is 29.4 Å². The molecule has 2 aliphatic rings. The zero-order valence-corrected chi connectivity index (χ0v) is 21.1. The van der Waals surface area contributed by atoms with Gasteiger partial charge in [0.15, 0.2) is 16.4 Å². The van der Waals surface area contributed by atoms with Gasteiger partial charge in [0.05, 0.1) is 17.2 Å². The number of ether oxygens (including phenoxy) is 1. The number of rotatable bonds is 6. The normalized spacial score (nSPS) is 19.5. The highest BCUT2D eigenvalue weighted by Crippen LogP contribution is 2.29. The number of hydrogen-bond acceptors (Lipinski definition) is 7. The van der Waals surface area contributed by atoms with Crippen LogP contribution in [0.1, 0.15) is 58.2 Å². The number of ketones is 1. The average Bonchev–Trinajstić information content (AvgIpc) is 3.31. The second kappa shape index (κ2) is 9.41. The first-order chi connectivity index (χ1) is 16.5. The van der Waals surface area contributed by atoms with Crippen molar-refractivity contribution in [2.24, 2.45) is 5.10 Å². The molecule has 0 N–H and O–H groups in total. The Bertz CT molecular complexity index is 1360. The number of sulfone groups is 1. The van der Waals surface area contributed by atoms with E-state index in [1.54, 1.807) is 13.0 Å². The van der Waals surface area contributed by atoms with Gasteiger partial charge in [0, 0.05) is 35.8 Å². The van der Waals surface area contributed by atoms with Crippen LogP contribution in [0, 0.1) is 27.7 Å². The molecule has 3 heterocycles. The predicted octanol–water partition coefficient (Wildman–Crippen LogP) is 2.99. The highest BCUT2D eigenvalue weighted by molar-refractivity contribution is 7.91. The molecule has 186 valence electrons. The molecule has 1 aromatic heterocycles. The number of anilines is 1. The fourth-order valence-corrected chi connectivity index (χ4v) is 6.43. The zero-order valence-electron chi connectivity index (χ0n) is 20.3. The van der Waals surface area contributed by atoms with Crippen molar-refractivity contribution < 1.29 is 27.5 Å². The Morgan fingerprint density at radius 3 is 2.54 bits per heavy atom. The van der Waals surface area contributed by atoms with E-state index in [2.05, 4.69) is 5.10 Å². The number of amides is 1. The molecule has 10 heteroatoms. The lowest BCUT2D eigenvalue weighted by atomic mass is 10.1. The first kappa shape index (κ1) is 24.8. The lowest BCUT2D eigenvalue weighted by Gasteiger charge is -2.24. The van der Waals surface area contributed by atoms with Gasteiger partial charge >= 0.3 is 5.97 Å². The van der Waals surface area contributed by atoms with E-state index in [-0.39, 0.29) is 47.8 Å². The van der Waals surface area contributed by atoms with Crippen LogP contribution in [0.25, 0.3) is 0 Å². The first-order valence-electron chi connectivity index (χ1n) is 11.5. The maximum atomic E-state index is 12.9. The Kier molecular flexibility index (Phi) is 6.68. The van der Waals surface area contributed by atoms with Gasteiger partial charge < -0.3 is 9.30 Å². The molecular weight excluding hydrogens is 470 g/mol. The summed E-state index contributed by atoms with van der Waals surface area (Å²) in [6.45, 7) is 6.90. The SMILES string of the molecule is Cc1ccc(C)c(N2N=C(C(=O)OCC(=O)c3cc(C)n(C4CCS(=O)(=O)C4)c3C)CCC2=O)c1. The van der Waals surface area contributed by atoms with Crippen molar-refractivity contribution in [3.63, 3.8) is 0 Å². The maximum Gasteiger partial charge on any atom is 0.354 e. The van der Waals surface area contributed by atoms with Crippen LogP contribution in [0.5, 0.6) is 0 Å². The van der Waals surface area contributed by atoms with E-state index >= 15 is 0 Å². The van der Waals surface area contributed by atoms with Gasteiger partial charge in [0.1, 0.15) is 5.71 Å². The van der Waals surface area contributed by atoms with Gasteiger partial charge in [-0.3, -0.25) is 9.59 Å². The quantitative estimate of drug-likeness (QED) is 0.446. The highest BCUT2D eigenvalue weighted by atomic mass is 32.2. The molecule has 1 unspecified atom stereocenters. The molecule has 1 saturated heterocycles. The number of esters is 1. The molecule has 9 nitrogen and oxygen atoms in total. The molecule has 0 radical (unpaired) electrons. The largest absolute Gasteiger partial charge is 0.453 e. The van der Waals surface area contributed by atoms with E-state index in [0.717, 1.165) is 16.8 Å². The van der Waals surface area contributed by atoms with E-state index in [1.165, 1.54) is 5.01 Å². The van der Waals surface area contributed by atoms with E-state index in [1.807, 2.05) is 43.5 Å². The van der Waals surface area contributed by atoms with E-state index in [4.69, 9.17) is 4.74 Å². The summed E-state index contributed by atoms with van der Waals surface area (Å²) in [7, 11) is -3.07. The van der Waals surface area contributed by atoms with Crippen molar-refractivity contribution in [1.82, 2.24) is 4.57 Å². The Balaban J connectivity index is 1.47. The molecule has 4 rings (SSSR count). The van der Waals surface area contributed by atoms with E-state index in [0.29, 0.717) is 23.4 Å². The smallest absolute Gasteiger partial charge is 0.354 e. The van der Waals surface area contributed by atoms with Crippen LogP contribution in [0.4, 0.5) is 5.69 Å². The second-order valence-electron chi connectivity index (χ2n) is 9.25. The van der Waals surface area contributed by atoms with Gasteiger partial charge in [0.2, 0.25) is 11.7 Å². The molecule has 2 aromatic rings. The van der Waals surface area contributed by atoms with Crippen LogP contribution in [0.3, 0.4) is 0 Å². The molecule has 1 aromatic carbocycles. The summed E-state index contributed by atoms with van der Waals surface area (Å²) in [5, 5.41) is 5.47. The number of aromatic nitrogens is 1. The standard InChI is InChI=1S/C25H29N3O6S/c1-15-5-6-16(2)22(11-15)28-24(30)8-7-21(26-28)25(31)34-13-23(29)20-12-17(3)27(18(20)4)19-9-10-35(32,33)14-19/h5-6,11-12,19H,7-10,13-14H2,1-4H3. The summed E-state index contributed by atoms with van der Waals surface area (Å²) >= 11 is 0. The zero-order chi connectivity index (χ0) is 25.5. The highest BCUT2D eigenvalue weighted by Gasteiger charge is 2.32. The fraction of sp³-hybridized carbons (Fsp3) is 0.440. The third-order valence-electron chi connectivity index (χ3n) is 6.55. The summed E-state index contributed by atoms with van der Waals surface area (Å²) < 4.78 is 31.0. The number of hydrazone groups is 1. The van der Waals surface area contributed by atoms with Crippen LogP contribution in [-0.4, -0.2) is 54.5 Å². The molecule has 0 saturated carbocycles. The van der Waals surface area contributed by atoms with Crippen LogP contribution in [-0.2, 0) is 24.2 Å². The second-order valence-corrected chi connectivity index (χ2v) is 11.5. The van der Waals surface area contributed by atoms with Gasteiger partial charge in [-0.15, -0.1) is 0 Å². The minimum absolute atomic E-state index is 0.0570. The molecule has 2 aliphatic heterocycles. The molecule has 0 aliphatic carbocycles. The number of Topliss-reactive ketones (excluding diaryl/α,β-unsaturated/α-hetero) is 1. The lowest BCUT2D eigenvalue weighted by Crippen LogP contribution is -2.35. The van der Waals surface area contributed by atoms with Crippen LogP contribution in [0.2, 0.25) is 0 Å². The molecule has 0 spiro atoms. The minimum atomic E-state index is -3.07. The van der Waals surface area contributed by atoms with Gasteiger partial charge in [-0.05, 0) is 57.4 Å². The fourth-order valence-electron chi connectivity index (χ4n) is 4.73. The van der Waals surface area contributed by atoms with Gasteiger partial charge in [0.25, 0.3) is 0 Å². The third kappa shape index (κ3) is 5.07. The van der Waals surface area contributed by atoms with Crippen molar-refractivity contribution in [3.05, 3.63) is 52.3 Å². The number of carbonyl (C=O) groups is 3. The summed E-state index contributed by atoms with van der Waals surface area (Å²) in [6.07, 6.45) is 0.759. The first-order valence-corrected chi connectivity index (χ1v) is 13.4. The van der Waals surface area contributed by atoms with Gasteiger partial charge in [-0.25, -0.2) is 13.2 Å². The lowest BCUT2D eigenvalue weighted by molar-refractivity contribution is -0.134. The van der Waals surface area contributed by atoms with Gasteiger partial charge in [-0.2, -0.15) is 10.1 Å². The Hall–Kier alpha value is -3.27. The Morgan fingerprint density at radius 2 is 1.86 bits per heavy atom. The number of nitrogens with zero attached hydrogens (tertiary/aromatic N) is 3. The van der Waals surface area contributed by atoms with Crippen molar-refractivity contribution in [1.29, 1.82) is 0 Å². The minimum Gasteiger partial charge on any atom is -0.453 e. The monoisotopic (exact) mass is 499 g/mol. The molecule has 1 atom stereocenters. The van der Waals surface area contributed by atoms with Gasteiger partial charge in [-0.1, -0.05) is 12.1 Å². The number of aryl methyl sites for hydroxylation is 3. The Morgan fingerprint density at radius 1 is 1.11 bits per heavy atom. The Labute approximate surface area is 204 Å². The summed E-state index contributed by atoms with van der Waals surface area (Å²) in [6, 6.07) is 7.15. The molecule has 35 heavy (non-hydrogen) atoms. The molecule has 0 bridgehead atoms. The summed E-state index contributed by atoms with van der Waals surface area (Å²) in [4.78, 5) is 38.0. The summed E-state index contributed by atoms with van der Waals surface area (Å²) in [5.41, 5.74) is 4.35. The molecule has 1 fully saturated rings. The maximum absolute atomic E-state index is 12.9. The molecular formula is C25H29N3O6S. The van der Waals surface area contributed by atoms with Crippen molar-refractivity contribution in [2.75, 3.05) is 23.1 Å². The number of benzene rings is 1. The predicted molar refractivity (Wildman–Crippen MR) is 132 cm³/mol. The molecule has 1 amide bonds. The number of hydrogen-bond donors (Lipinski definition) is 0. The van der Waals surface area contributed by atoms with Crippen molar-refractivity contribution in [2.45, 2.75) is 53.0 Å². The van der Waals surface area contributed by atoms with Crippen molar-refractivity contribution in [3.8, 4) is 0 Å². The number of carbonyl (C=O) groups excluding carboxylic acids is 3. The third-order valence-corrected chi connectivity index (χ3v) is 8.30. The van der Waals surface area contributed by atoms with E-state index in [9.17, 15) is 22.8 Å². The topological polar surface area (TPSA) is 115 Å². The summed E-state index contributed by atoms with van der Waals surface area (Å²) in [5.74, 6) is -1.14. The average molecular weight is 500 g/mol. The van der Waals surface area contributed by atoms with Crippen LogP contribution >= 0.6 is 0 Å². The van der Waals surface area contributed by atoms with Crippen molar-refractivity contribution >= 4 is 38.9 Å².